The van der Waals surface area contributed by atoms with Gasteiger partial charge in [0, 0.05) is 6.04 Å². The van der Waals surface area contributed by atoms with E-state index in [4.69, 9.17) is 5.11 Å². The average Bonchev–Trinajstić information content (AvgIpc) is 1.83. The number of aliphatic hydroxyl groups is 1. The van der Waals surface area contributed by atoms with E-state index in [1.807, 2.05) is 0 Å². The molecule has 0 amide bonds. The van der Waals surface area contributed by atoms with Crippen molar-refractivity contribution in [2.75, 3.05) is 13.2 Å². The Morgan fingerprint density at radius 3 is 2.44 bits per heavy atom. The Labute approximate surface area is 52.9 Å². The molecule has 1 atom stereocenters. The van der Waals surface area contributed by atoms with Gasteiger partial charge in [0.1, 0.15) is 0 Å². The molecule has 2 N–H and O–H groups in total. The molecule has 0 aliphatic carbocycles. The monoisotopic (exact) mass is 139 g/mol. The van der Waals surface area contributed by atoms with Crippen LogP contribution in [0.5, 0.6) is 0 Å². The summed E-state index contributed by atoms with van der Waals surface area (Å²) in [5.74, 6) is 0. The van der Waals surface area contributed by atoms with Gasteiger partial charge in [-0.3, -0.25) is 0 Å². The van der Waals surface area contributed by atoms with Gasteiger partial charge in [-0.1, -0.05) is 0 Å². The van der Waals surface area contributed by atoms with Gasteiger partial charge in [0.05, 0.1) is 13.2 Å². The minimum absolute atomic E-state index is 0.104. The third-order valence-corrected chi connectivity index (χ3v) is 0.894. The lowest BCUT2D eigenvalue weighted by atomic mass is 10.4. The molecule has 0 fully saturated rings. The summed E-state index contributed by atoms with van der Waals surface area (Å²) in [7, 11) is 0. The molecule has 0 aliphatic rings. The van der Waals surface area contributed by atoms with Gasteiger partial charge in [-0.2, -0.15) is 0 Å². The smallest absolute Gasteiger partial charge is 0.250 e. The second-order valence-corrected chi connectivity index (χ2v) is 1.88. The van der Waals surface area contributed by atoms with Crippen LogP contribution in [0.4, 0.5) is 8.78 Å². The average molecular weight is 139 g/mol. The van der Waals surface area contributed by atoms with Gasteiger partial charge in [-0.15, -0.1) is 0 Å². The van der Waals surface area contributed by atoms with E-state index < -0.39 is 6.43 Å². The van der Waals surface area contributed by atoms with Crippen LogP contribution >= 0.6 is 0 Å². The quantitative estimate of drug-likeness (QED) is 0.584. The van der Waals surface area contributed by atoms with Crippen LogP contribution in [0, 0.1) is 0 Å². The van der Waals surface area contributed by atoms with Crippen molar-refractivity contribution in [1.29, 1.82) is 0 Å². The molecule has 0 radical (unpaired) electrons. The molecule has 0 bridgehead atoms. The highest BCUT2D eigenvalue weighted by molar-refractivity contribution is 4.57. The van der Waals surface area contributed by atoms with Crippen LogP contribution in [-0.2, 0) is 0 Å². The molecule has 0 spiro atoms. The normalized spacial score (nSPS) is 14.3. The number of aliphatic hydroxyl groups excluding tert-OH is 1. The number of halogens is 2. The number of hydrogen-bond acceptors (Lipinski definition) is 2. The van der Waals surface area contributed by atoms with Crippen LogP contribution in [0.15, 0.2) is 0 Å². The van der Waals surface area contributed by atoms with Crippen molar-refractivity contribution in [3.8, 4) is 0 Å². The molecular formula is C5H11F2NO. The third kappa shape index (κ3) is 5.65. The van der Waals surface area contributed by atoms with Crippen molar-refractivity contribution in [3.63, 3.8) is 0 Å². The van der Waals surface area contributed by atoms with Gasteiger partial charge in [-0.05, 0) is 6.92 Å². The second-order valence-electron chi connectivity index (χ2n) is 1.88. The maximum Gasteiger partial charge on any atom is 0.250 e. The number of alkyl halides is 2. The Morgan fingerprint density at radius 1 is 1.56 bits per heavy atom. The molecular weight excluding hydrogens is 128 g/mol. The number of nitrogens with one attached hydrogen (secondary N) is 1. The van der Waals surface area contributed by atoms with Crippen molar-refractivity contribution in [2.24, 2.45) is 0 Å². The summed E-state index contributed by atoms with van der Waals surface area (Å²) in [5.41, 5.74) is 0. The van der Waals surface area contributed by atoms with Crippen LogP contribution in [0.2, 0.25) is 0 Å². The first-order valence-corrected chi connectivity index (χ1v) is 2.79. The summed E-state index contributed by atoms with van der Waals surface area (Å²) in [6, 6.07) is -0.237. The Hall–Kier alpha value is -0.220. The molecule has 2 nitrogen and oxygen atoms in total. The van der Waals surface area contributed by atoms with Gasteiger partial charge >= 0.3 is 0 Å². The molecule has 9 heavy (non-hydrogen) atoms. The standard InChI is InChI=1S/C5H11F2NO/c1-4(3-9)8-2-5(6)7/h4-5,8-9H,2-3H2,1H3. The van der Waals surface area contributed by atoms with E-state index in [9.17, 15) is 8.78 Å². The van der Waals surface area contributed by atoms with E-state index in [0.717, 1.165) is 0 Å². The van der Waals surface area contributed by atoms with Gasteiger partial charge < -0.3 is 10.4 Å². The molecule has 56 valence electrons. The van der Waals surface area contributed by atoms with E-state index in [0.29, 0.717) is 0 Å². The molecule has 4 heteroatoms. The van der Waals surface area contributed by atoms with Crippen LogP contribution in [0.25, 0.3) is 0 Å². The molecule has 0 heterocycles. The largest absolute Gasteiger partial charge is 0.395 e. The Balaban J connectivity index is 3.06. The summed E-state index contributed by atoms with van der Waals surface area (Å²) in [6.07, 6.45) is -2.33. The van der Waals surface area contributed by atoms with E-state index in [2.05, 4.69) is 5.32 Å². The minimum atomic E-state index is -2.33. The Bertz CT molecular complexity index is 70.0. The van der Waals surface area contributed by atoms with Crippen molar-refractivity contribution in [1.82, 2.24) is 5.32 Å². The van der Waals surface area contributed by atoms with Crippen LogP contribution < -0.4 is 5.32 Å². The van der Waals surface area contributed by atoms with Crippen molar-refractivity contribution >= 4 is 0 Å². The number of rotatable bonds is 4. The SMILES string of the molecule is CC(CO)NCC(F)F. The molecule has 0 aromatic carbocycles. The van der Waals surface area contributed by atoms with Crippen molar-refractivity contribution in [3.05, 3.63) is 0 Å². The molecule has 0 aliphatic heterocycles. The minimum Gasteiger partial charge on any atom is -0.395 e. The predicted molar refractivity (Wildman–Crippen MR) is 30.6 cm³/mol. The van der Waals surface area contributed by atoms with Crippen LogP contribution in [-0.4, -0.2) is 30.7 Å². The summed E-state index contributed by atoms with van der Waals surface area (Å²) in [4.78, 5) is 0. The van der Waals surface area contributed by atoms with Crippen molar-refractivity contribution in [2.45, 2.75) is 19.4 Å². The highest BCUT2D eigenvalue weighted by Gasteiger charge is 2.03. The first-order valence-electron chi connectivity index (χ1n) is 2.79. The molecule has 1 unspecified atom stereocenters. The summed E-state index contributed by atoms with van der Waals surface area (Å²) in [5, 5.41) is 10.8. The zero-order chi connectivity index (χ0) is 7.28. The highest BCUT2D eigenvalue weighted by atomic mass is 19.3. The van der Waals surface area contributed by atoms with E-state index in [1.165, 1.54) is 0 Å². The summed E-state index contributed by atoms with van der Waals surface area (Å²) in [6.45, 7) is 1.19. The van der Waals surface area contributed by atoms with E-state index >= 15 is 0 Å². The first-order chi connectivity index (χ1) is 4.16. The van der Waals surface area contributed by atoms with Gasteiger partial charge in [-0.25, -0.2) is 8.78 Å². The predicted octanol–water partition coefficient (Wildman–Crippen LogP) is 0.222. The molecule has 0 aromatic rings. The lowest BCUT2D eigenvalue weighted by Gasteiger charge is -2.08. The summed E-state index contributed by atoms with van der Waals surface area (Å²) >= 11 is 0. The fourth-order valence-corrected chi connectivity index (χ4v) is 0.355. The zero-order valence-electron chi connectivity index (χ0n) is 5.27. The van der Waals surface area contributed by atoms with Gasteiger partial charge in [0.15, 0.2) is 0 Å². The maximum atomic E-state index is 11.4. The second kappa shape index (κ2) is 4.64. The Morgan fingerprint density at radius 2 is 2.11 bits per heavy atom. The molecule has 0 aromatic heterocycles. The van der Waals surface area contributed by atoms with Crippen molar-refractivity contribution < 1.29 is 13.9 Å². The fraction of sp³-hybridized carbons (Fsp3) is 1.00. The van der Waals surface area contributed by atoms with Gasteiger partial charge in [0.25, 0.3) is 6.43 Å². The Kier molecular flexibility index (Phi) is 4.53. The summed E-state index contributed by atoms with van der Waals surface area (Å²) < 4.78 is 22.8. The lowest BCUT2D eigenvalue weighted by Crippen LogP contribution is -2.33. The van der Waals surface area contributed by atoms with Crippen LogP contribution in [0.3, 0.4) is 0 Å². The fourth-order valence-electron chi connectivity index (χ4n) is 0.355. The van der Waals surface area contributed by atoms with E-state index in [1.54, 1.807) is 6.92 Å². The topological polar surface area (TPSA) is 32.3 Å². The molecule has 0 saturated carbocycles. The zero-order valence-corrected chi connectivity index (χ0v) is 5.27. The first kappa shape index (κ1) is 8.78. The highest BCUT2D eigenvalue weighted by Crippen LogP contribution is 1.88. The lowest BCUT2D eigenvalue weighted by molar-refractivity contribution is 0.135. The van der Waals surface area contributed by atoms with Gasteiger partial charge in [0.2, 0.25) is 0 Å². The van der Waals surface area contributed by atoms with E-state index in [-0.39, 0.29) is 19.2 Å². The molecule has 0 rings (SSSR count). The van der Waals surface area contributed by atoms with Crippen LogP contribution in [0.1, 0.15) is 6.92 Å². The third-order valence-electron chi connectivity index (χ3n) is 0.894. The maximum absolute atomic E-state index is 11.4. The molecule has 0 saturated heterocycles. The number of hydrogen-bond donors (Lipinski definition) is 2.